The maximum Gasteiger partial charge on any atom is 0.191 e. The van der Waals surface area contributed by atoms with Gasteiger partial charge in [-0.1, -0.05) is 26.7 Å². The van der Waals surface area contributed by atoms with Gasteiger partial charge in [0.05, 0.1) is 0 Å². The number of nitrogens with zero attached hydrogens (tertiary/aromatic N) is 3. The first-order chi connectivity index (χ1) is 11.8. The zero-order chi connectivity index (χ0) is 17.2. The fraction of sp³-hybridized carbons (Fsp3) is 0.947. The van der Waals surface area contributed by atoms with Crippen molar-refractivity contribution in [3.05, 3.63) is 0 Å². The molecular formula is C19H39N5. The quantitative estimate of drug-likeness (QED) is 0.553. The van der Waals surface area contributed by atoms with Crippen molar-refractivity contribution in [2.24, 2.45) is 4.99 Å². The van der Waals surface area contributed by atoms with Gasteiger partial charge in [0, 0.05) is 38.8 Å². The third kappa shape index (κ3) is 6.25. The van der Waals surface area contributed by atoms with Crippen molar-refractivity contribution in [3.63, 3.8) is 0 Å². The predicted molar refractivity (Wildman–Crippen MR) is 104 cm³/mol. The molecule has 0 bridgehead atoms. The fourth-order valence-corrected chi connectivity index (χ4v) is 3.99. The van der Waals surface area contributed by atoms with Crippen LogP contribution in [0.3, 0.4) is 0 Å². The molecule has 0 saturated carbocycles. The molecule has 5 nitrogen and oxygen atoms in total. The maximum absolute atomic E-state index is 4.45. The molecule has 1 unspecified atom stereocenters. The van der Waals surface area contributed by atoms with E-state index in [-0.39, 0.29) is 0 Å². The Kier molecular flexibility index (Phi) is 8.89. The second kappa shape index (κ2) is 10.9. The van der Waals surface area contributed by atoms with Crippen LogP contribution in [0, 0.1) is 0 Å². The highest BCUT2D eigenvalue weighted by Gasteiger charge is 2.22. The van der Waals surface area contributed by atoms with Gasteiger partial charge in [-0.05, 0) is 51.7 Å². The van der Waals surface area contributed by atoms with Crippen molar-refractivity contribution in [2.75, 3.05) is 46.3 Å². The summed E-state index contributed by atoms with van der Waals surface area (Å²) in [6, 6.07) is 1.24. The summed E-state index contributed by atoms with van der Waals surface area (Å²) in [5, 5.41) is 7.23. The van der Waals surface area contributed by atoms with E-state index >= 15 is 0 Å². The Morgan fingerprint density at radius 1 is 1.08 bits per heavy atom. The normalized spacial score (nSPS) is 25.0. The molecule has 2 saturated heterocycles. The minimum absolute atomic E-state index is 0.572. The van der Waals surface area contributed by atoms with Crippen LogP contribution < -0.4 is 10.6 Å². The van der Waals surface area contributed by atoms with Crippen molar-refractivity contribution in [1.82, 2.24) is 20.4 Å². The smallest absolute Gasteiger partial charge is 0.191 e. The van der Waals surface area contributed by atoms with Crippen LogP contribution in [0.5, 0.6) is 0 Å². The molecule has 0 aromatic heterocycles. The van der Waals surface area contributed by atoms with Crippen molar-refractivity contribution in [2.45, 2.75) is 70.9 Å². The number of rotatable bonds is 7. The monoisotopic (exact) mass is 337 g/mol. The second-order valence-electron chi connectivity index (χ2n) is 7.35. The summed E-state index contributed by atoms with van der Waals surface area (Å²) in [5.74, 6) is 0.989. The van der Waals surface area contributed by atoms with Crippen LogP contribution in [-0.4, -0.2) is 74.2 Å². The molecule has 0 aliphatic carbocycles. The number of guanidine groups is 1. The van der Waals surface area contributed by atoms with Gasteiger partial charge in [0.2, 0.25) is 0 Å². The average Bonchev–Trinajstić information content (AvgIpc) is 2.64. The van der Waals surface area contributed by atoms with E-state index < -0.39 is 0 Å². The van der Waals surface area contributed by atoms with Gasteiger partial charge in [-0.3, -0.25) is 9.89 Å². The van der Waals surface area contributed by atoms with Crippen molar-refractivity contribution >= 4 is 5.96 Å². The van der Waals surface area contributed by atoms with Crippen molar-refractivity contribution in [1.29, 1.82) is 0 Å². The number of piperidine rings is 2. The Morgan fingerprint density at radius 2 is 1.88 bits per heavy atom. The van der Waals surface area contributed by atoms with Gasteiger partial charge in [-0.25, -0.2) is 0 Å². The summed E-state index contributed by atoms with van der Waals surface area (Å²) in [4.78, 5) is 9.67. The topological polar surface area (TPSA) is 42.9 Å². The van der Waals surface area contributed by atoms with Crippen LogP contribution in [0.4, 0.5) is 0 Å². The van der Waals surface area contributed by atoms with E-state index in [1.807, 2.05) is 7.05 Å². The highest BCUT2D eigenvalue weighted by Crippen LogP contribution is 2.16. The number of nitrogens with one attached hydrogen (secondary N) is 2. The Hall–Kier alpha value is -0.810. The molecule has 1 atom stereocenters. The van der Waals surface area contributed by atoms with Crippen LogP contribution in [-0.2, 0) is 0 Å². The lowest BCUT2D eigenvalue weighted by Gasteiger charge is -2.36. The van der Waals surface area contributed by atoms with Crippen LogP contribution in [0.1, 0.15) is 58.8 Å². The third-order valence-corrected chi connectivity index (χ3v) is 5.64. The average molecular weight is 338 g/mol. The van der Waals surface area contributed by atoms with E-state index in [0.29, 0.717) is 12.1 Å². The summed E-state index contributed by atoms with van der Waals surface area (Å²) in [7, 11) is 1.89. The Morgan fingerprint density at radius 3 is 2.54 bits per heavy atom. The van der Waals surface area contributed by atoms with E-state index in [1.54, 1.807) is 0 Å². The van der Waals surface area contributed by atoms with Gasteiger partial charge >= 0.3 is 0 Å². The lowest BCUT2D eigenvalue weighted by Crippen LogP contribution is -2.52. The van der Waals surface area contributed by atoms with E-state index in [4.69, 9.17) is 0 Å². The summed E-state index contributed by atoms with van der Waals surface area (Å²) in [5.41, 5.74) is 0. The molecule has 140 valence electrons. The molecule has 2 aliphatic rings. The molecule has 5 heteroatoms. The highest BCUT2D eigenvalue weighted by molar-refractivity contribution is 5.80. The zero-order valence-electron chi connectivity index (χ0n) is 16.2. The molecule has 2 heterocycles. The number of hydrogen-bond donors (Lipinski definition) is 2. The molecule has 2 N–H and O–H groups in total. The van der Waals surface area contributed by atoms with Crippen LogP contribution in [0.15, 0.2) is 4.99 Å². The second-order valence-corrected chi connectivity index (χ2v) is 7.35. The SMILES string of the molecule is CCCCN1CCC(NC(=NC)NCC2CCCCN2CC)CC1. The summed E-state index contributed by atoms with van der Waals surface area (Å²) in [6.45, 7) is 11.7. The molecule has 24 heavy (non-hydrogen) atoms. The summed E-state index contributed by atoms with van der Waals surface area (Å²) >= 11 is 0. The molecule has 2 rings (SSSR count). The number of likely N-dealkylation sites (N-methyl/N-ethyl adjacent to an activating group) is 1. The molecule has 2 fully saturated rings. The van der Waals surface area contributed by atoms with Crippen molar-refractivity contribution < 1.29 is 0 Å². The predicted octanol–water partition coefficient (Wildman–Crippen LogP) is 2.29. The van der Waals surface area contributed by atoms with Gasteiger partial charge in [-0.15, -0.1) is 0 Å². The largest absolute Gasteiger partial charge is 0.355 e. The number of aliphatic imine (C=N–C) groups is 1. The van der Waals surface area contributed by atoms with Gasteiger partial charge in [0.1, 0.15) is 0 Å². The minimum Gasteiger partial charge on any atom is -0.355 e. The Balaban J connectivity index is 1.69. The van der Waals surface area contributed by atoms with Crippen LogP contribution >= 0.6 is 0 Å². The number of unbranched alkanes of at least 4 members (excludes halogenated alkanes) is 1. The minimum atomic E-state index is 0.572. The number of likely N-dealkylation sites (tertiary alicyclic amines) is 2. The van der Waals surface area contributed by atoms with Gasteiger partial charge in [0.15, 0.2) is 5.96 Å². The lowest BCUT2D eigenvalue weighted by atomic mass is 10.0. The molecule has 0 aromatic rings. The highest BCUT2D eigenvalue weighted by atomic mass is 15.2. The molecule has 2 aliphatic heterocycles. The molecule has 0 amide bonds. The first-order valence-corrected chi connectivity index (χ1v) is 10.2. The molecule has 0 aromatic carbocycles. The van der Waals surface area contributed by atoms with E-state index in [0.717, 1.165) is 19.0 Å². The first-order valence-electron chi connectivity index (χ1n) is 10.2. The Bertz CT molecular complexity index is 363. The summed E-state index contributed by atoms with van der Waals surface area (Å²) in [6.07, 6.45) is 9.12. The van der Waals surface area contributed by atoms with Gasteiger partial charge < -0.3 is 15.5 Å². The maximum atomic E-state index is 4.45. The van der Waals surface area contributed by atoms with Crippen molar-refractivity contribution in [3.8, 4) is 0 Å². The molecule has 0 radical (unpaired) electrons. The lowest BCUT2D eigenvalue weighted by molar-refractivity contribution is 0.157. The van der Waals surface area contributed by atoms with E-state index in [9.17, 15) is 0 Å². The Labute approximate surface area is 149 Å². The summed E-state index contributed by atoms with van der Waals surface area (Å²) < 4.78 is 0. The fourth-order valence-electron chi connectivity index (χ4n) is 3.99. The number of hydrogen-bond acceptors (Lipinski definition) is 3. The first kappa shape index (κ1) is 19.5. The molecule has 0 spiro atoms. The molecular weight excluding hydrogens is 298 g/mol. The van der Waals surface area contributed by atoms with E-state index in [2.05, 4.69) is 39.3 Å². The standard InChI is InChI=1S/C19H39N5/c1-4-6-12-23-14-10-17(11-15-23)22-19(20-3)21-16-18-9-7-8-13-24(18)5-2/h17-18H,4-16H2,1-3H3,(H2,20,21,22). The van der Waals surface area contributed by atoms with Crippen LogP contribution in [0.25, 0.3) is 0 Å². The van der Waals surface area contributed by atoms with Crippen LogP contribution in [0.2, 0.25) is 0 Å². The third-order valence-electron chi connectivity index (χ3n) is 5.64. The van der Waals surface area contributed by atoms with E-state index in [1.165, 1.54) is 71.1 Å². The van der Waals surface area contributed by atoms with Gasteiger partial charge in [0.25, 0.3) is 0 Å². The van der Waals surface area contributed by atoms with Gasteiger partial charge in [-0.2, -0.15) is 0 Å². The zero-order valence-corrected chi connectivity index (χ0v) is 16.2.